The Kier molecular flexibility index (Phi) is 2.82. The van der Waals surface area contributed by atoms with Crippen molar-refractivity contribution in [2.45, 2.75) is 13.3 Å². The molecule has 1 saturated heterocycles. The molecule has 0 atom stereocenters. The van der Waals surface area contributed by atoms with E-state index in [1.54, 1.807) is 19.1 Å². The summed E-state index contributed by atoms with van der Waals surface area (Å²) in [7, 11) is 0. The molecular weight excluding hydrogens is 193 g/mol. The van der Waals surface area contributed by atoms with Crippen LogP contribution in [0.4, 0.5) is 4.39 Å². The number of benzene rings is 1. The van der Waals surface area contributed by atoms with Gasteiger partial charge in [0, 0.05) is 5.56 Å². The van der Waals surface area contributed by atoms with Crippen molar-refractivity contribution in [2.75, 3.05) is 19.6 Å². The standard InChI is InChI=1S/C12H14FNO/c1-9-3-4-10(7-11(9)13)12(15)8-14-5-2-6-14/h3-4,7H,2,5-6,8H2,1H3. The third kappa shape index (κ3) is 2.23. The van der Waals surface area contributed by atoms with E-state index in [1.807, 2.05) is 0 Å². The molecular formula is C12H14FNO. The van der Waals surface area contributed by atoms with Crippen LogP contribution in [0, 0.1) is 12.7 Å². The van der Waals surface area contributed by atoms with E-state index >= 15 is 0 Å². The predicted molar refractivity (Wildman–Crippen MR) is 56.5 cm³/mol. The minimum absolute atomic E-state index is 0.00796. The molecule has 0 unspecified atom stereocenters. The monoisotopic (exact) mass is 207 g/mol. The first-order chi connectivity index (χ1) is 7.16. The van der Waals surface area contributed by atoms with Crippen molar-refractivity contribution in [2.24, 2.45) is 0 Å². The fourth-order valence-corrected chi connectivity index (χ4v) is 1.60. The van der Waals surface area contributed by atoms with Crippen molar-refractivity contribution >= 4 is 5.78 Å². The summed E-state index contributed by atoms with van der Waals surface area (Å²) >= 11 is 0. The number of ketones is 1. The van der Waals surface area contributed by atoms with Gasteiger partial charge in [0.25, 0.3) is 0 Å². The molecule has 0 saturated carbocycles. The fourth-order valence-electron chi connectivity index (χ4n) is 1.60. The topological polar surface area (TPSA) is 20.3 Å². The molecule has 0 radical (unpaired) electrons. The second kappa shape index (κ2) is 4.11. The lowest BCUT2D eigenvalue weighted by Crippen LogP contribution is -2.40. The average molecular weight is 207 g/mol. The Hall–Kier alpha value is -1.22. The van der Waals surface area contributed by atoms with Gasteiger partial charge in [-0.3, -0.25) is 9.69 Å². The van der Waals surface area contributed by atoms with Crippen molar-refractivity contribution in [3.05, 3.63) is 35.1 Å². The molecule has 3 heteroatoms. The van der Waals surface area contributed by atoms with E-state index in [1.165, 1.54) is 6.07 Å². The Morgan fingerprint density at radius 1 is 1.47 bits per heavy atom. The van der Waals surface area contributed by atoms with Gasteiger partial charge >= 0.3 is 0 Å². The zero-order valence-corrected chi connectivity index (χ0v) is 8.79. The van der Waals surface area contributed by atoms with Gasteiger partial charge in [-0.1, -0.05) is 12.1 Å². The number of rotatable bonds is 3. The van der Waals surface area contributed by atoms with Crippen LogP contribution < -0.4 is 0 Å². The van der Waals surface area contributed by atoms with Gasteiger partial charge in [0.1, 0.15) is 5.82 Å². The summed E-state index contributed by atoms with van der Waals surface area (Å²) in [4.78, 5) is 13.8. The van der Waals surface area contributed by atoms with Gasteiger partial charge in [0.2, 0.25) is 0 Å². The van der Waals surface area contributed by atoms with Crippen molar-refractivity contribution in [1.29, 1.82) is 0 Å². The van der Waals surface area contributed by atoms with Crippen LogP contribution >= 0.6 is 0 Å². The number of likely N-dealkylation sites (tertiary alicyclic amines) is 1. The van der Waals surface area contributed by atoms with Gasteiger partial charge in [0.05, 0.1) is 6.54 Å². The molecule has 0 N–H and O–H groups in total. The minimum atomic E-state index is -0.301. The van der Waals surface area contributed by atoms with Gasteiger partial charge in [-0.15, -0.1) is 0 Å². The Morgan fingerprint density at radius 3 is 2.73 bits per heavy atom. The molecule has 1 aromatic rings. The summed E-state index contributed by atoms with van der Waals surface area (Å²) in [5, 5.41) is 0. The summed E-state index contributed by atoms with van der Waals surface area (Å²) in [5.74, 6) is -0.293. The zero-order chi connectivity index (χ0) is 10.8. The van der Waals surface area contributed by atoms with E-state index in [9.17, 15) is 9.18 Å². The molecule has 0 aliphatic carbocycles. The number of hydrogen-bond acceptors (Lipinski definition) is 2. The maximum absolute atomic E-state index is 13.2. The predicted octanol–water partition coefficient (Wildman–Crippen LogP) is 2.02. The van der Waals surface area contributed by atoms with Crippen LogP contribution in [0.2, 0.25) is 0 Å². The molecule has 80 valence electrons. The lowest BCUT2D eigenvalue weighted by Gasteiger charge is -2.29. The van der Waals surface area contributed by atoms with Gasteiger partial charge in [-0.05, 0) is 38.1 Å². The number of carbonyl (C=O) groups excluding carboxylic acids is 1. The molecule has 1 fully saturated rings. The molecule has 1 aliphatic heterocycles. The number of Topliss-reactive ketones (excluding diaryl/α,β-unsaturated/α-hetero) is 1. The smallest absolute Gasteiger partial charge is 0.176 e. The van der Waals surface area contributed by atoms with E-state index < -0.39 is 0 Å². The second-order valence-corrected chi connectivity index (χ2v) is 4.02. The molecule has 2 rings (SSSR count). The molecule has 15 heavy (non-hydrogen) atoms. The summed E-state index contributed by atoms with van der Waals surface area (Å²) < 4.78 is 13.2. The number of hydrogen-bond donors (Lipinski definition) is 0. The Labute approximate surface area is 88.7 Å². The lowest BCUT2D eigenvalue weighted by molar-refractivity contribution is 0.0875. The van der Waals surface area contributed by atoms with Gasteiger partial charge in [-0.2, -0.15) is 0 Å². The van der Waals surface area contributed by atoms with E-state index in [0.29, 0.717) is 17.7 Å². The summed E-state index contributed by atoms with van der Waals surface area (Å²) in [6.45, 7) is 4.09. The Balaban J connectivity index is 2.07. The highest BCUT2D eigenvalue weighted by Gasteiger charge is 2.18. The Morgan fingerprint density at radius 2 is 2.20 bits per heavy atom. The highest BCUT2D eigenvalue weighted by molar-refractivity contribution is 5.97. The minimum Gasteiger partial charge on any atom is -0.296 e. The zero-order valence-electron chi connectivity index (χ0n) is 8.79. The molecule has 0 spiro atoms. The molecule has 1 aliphatic rings. The van der Waals surface area contributed by atoms with Crippen molar-refractivity contribution in [3.8, 4) is 0 Å². The molecule has 2 nitrogen and oxygen atoms in total. The summed E-state index contributed by atoms with van der Waals surface area (Å²) in [6.07, 6.45) is 1.16. The van der Waals surface area contributed by atoms with Crippen LogP contribution in [0.5, 0.6) is 0 Å². The maximum Gasteiger partial charge on any atom is 0.176 e. The SMILES string of the molecule is Cc1ccc(C(=O)CN2CCC2)cc1F. The normalized spacial score (nSPS) is 16.1. The van der Waals surface area contributed by atoms with E-state index in [0.717, 1.165) is 19.5 Å². The van der Waals surface area contributed by atoms with Crippen LogP contribution in [0.3, 0.4) is 0 Å². The van der Waals surface area contributed by atoms with E-state index in [4.69, 9.17) is 0 Å². The first-order valence-electron chi connectivity index (χ1n) is 5.18. The highest BCUT2D eigenvalue weighted by Crippen LogP contribution is 2.12. The van der Waals surface area contributed by atoms with Crippen LogP contribution in [0.15, 0.2) is 18.2 Å². The molecule has 0 aromatic heterocycles. The molecule has 1 heterocycles. The van der Waals surface area contributed by atoms with Crippen LogP contribution in [-0.4, -0.2) is 30.3 Å². The van der Waals surface area contributed by atoms with E-state index in [-0.39, 0.29) is 11.6 Å². The molecule has 0 amide bonds. The fraction of sp³-hybridized carbons (Fsp3) is 0.417. The third-order valence-corrected chi connectivity index (χ3v) is 2.81. The van der Waals surface area contributed by atoms with Crippen LogP contribution in [0.1, 0.15) is 22.3 Å². The molecule has 1 aromatic carbocycles. The largest absolute Gasteiger partial charge is 0.296 e. The summed E-state index contributed by atoms with van der Waals surface area (Å²) in [6, 6.07) is 4.68. The van der Waals surface area contributed by atoms with E-state index in [2.05, 4.69) is 4.90 Å². The number of carbonyl (C=O) groups is 1. The number of nitrogens with zero attached hydrogens (tertiary/aromatic N) is 1. The summed E-state index contributed by atoms with van der Waals surface area (Å²) in [5.41, 5.74) is 1.06. The van der Waals surface area contributed by atoms with Crippen molar-refractivity contribution < 1.29 is 9.18 Å². The average Bonchev–Trinajstić information content (AvgIpc) is 2.15. The Bertz CT molecular complexity index is 385. The van der Waals surface area contributed by atoms with Gasteiger partial charge in [-0.25, -0.2) is 4.39 Å². The first kappa shape index (κ1) is 10.3. The second-order valence-electron chi connectivity index (χ2n) is 4.02. The van der Waals surface area contributed by atoms with Crippen molar-refractivity contribution in [3.63, 3.8) is 0 Å². The van der Waals surface area contributed by atoms with Gasteiger partial charge in [0.15, 0.2) is 5.78 Å². The van der Waals surface area contributed by atoms with Gasteiger partial charge < -0.3 is 0 Å². The van der Waals surface area contributed by atoms with Crippen LogP contribution in [-0.2, 0) is 0 Å². The van der Waals surface area contributed by atoms with Crippen LogP contribution in [0.25, 0.3) is 0 Å². The number of halogens is 1. The van der Waals surface area contributed by atoms with Crippen molar-refractivity contribution in [1.82, 2.24) is 4.90 Å². The quantitative estimate of drug-likeness (QED) is 0.707. The lowest BCUT2D eigenvalue weighted by atomic mass is 10.1. The number of aryl methyl sites for hydroxylation is 1. The third-order valence-electron chi connectivity index (χ3n) is 2.81. The highest BCUT2D eigenvalue weighted by atomic mass is 19.1. The first-order valence-corrected chi connectivity index (χ1v) is 5.18. The molecule has 0 bridgehead atoms. The maximum atomic E-state index is 13.2.